The first-order chi connectivity index (χ1) is 19.1. The van der Waals surface area contributed by atoms with Gasteiger partial charge in [0.05, 0.1) is 16.7 Å². The normalized spacial score (nSPS) is 17.7. The summed E-state index contributed by atoms with van der Waals surface area (Å²) < 4.78 is 55.3. The molecule has 1 N–H and O–H groups in total. The molecule has 40 heavy (non-hydrogen) atoms. The van der Waals surface area contributed by atoms with Crippen LogP contribution in [0.2, 0.25) is 0 Å². The lowest BCUT2D eigenvalue weighted by Gasteiger charge is -2.18. The molecule has 5 rings (SSSR count). The molecule has 14 heteroatoms. The van der Waals surface area contributed by atoms with Crippen LogP contribution in [-0.2, 0) is 14.8 Å². The third-order valence-corrected chi connectivity index (χ3v) is 8.80. The van der Waals surface area contributed by atoms with Gasteiger partial charge in [0.1, 0.15) is 16.5 Å². The Morgan fingerprint density at radius 3 is 2.67 bits per heavy atom. The first-order valence-corrected chi connectivity index (χ1v) is 14.3. The molecular weight excluding hydrogens is 545 g/mol. The van der Waals surface area contributed by atoms with E-state index < -0.39 is 32.4 Å². The number of hydrogen-bond acceptors (Lipinski definition) is 8. The number of amides is 1. The maximum atomic E-state index is 14.2. The van der Waals surface area contributed by atoms with Crippen molar-refractivity contribution in [3.8, 4) is 17.3 Å². The highest BCUT2D eigenvalue weighted by molar-refractivity contribution is 7.89. The Hall–Kier alpha value is -3.88. The molecule has 0 aliphatic carbocycles. The van der Waals surface area contributed by atoms with Gasteiger partial charge in [0.15, 0.2) is 5.69 Å². The predicted octanol–water partition coefficient (Wildman–Crippen LogP) is 3.71. The summed E-state index contributed by atoms with van der Waals surface area (Å²) in [5.41, 5.74) is 0.0527. The van der Waals surface area contributed by atoms with Crippen molar-refractivity contribution in [3.05, 3.63) is 69.7 Å². The van der Waals surface area contributed by atoms with E-state index in [-0.39, 0.29) is 59.2 Å². The van der Waals surface area contributed by atoms with Crippen molar-refractivity contribution < 1.29 is 32.0 Å². The number of halogens is 1. The minimum atomic E-state index is -4.15. The van der Waals surface area contributed by atoms with Gasteiger partial charge >= 0.3 is 0 Å². The Morgan fingerprint density at radius 2 is 2.00 bits per heavy atom. The molecule has 1 atom stereocenters. The first-order valence-electron chi connectivity index (χ1n) is 12.9. The highest BCUT2D eigenvalue weighted by Gasteiger charge is 2.33. The number of non-ortho nitro benzene ring substituents is 1. The van der Waals surface area contributed by atoms with Crippen LogP contribution in [0.15, 0.2) is 47.4 Å². The standard InChI is InChI=1S/C26H28FN5O7S/c1-17-24(25(33)28-16-21-8-5-13-38-21)29-31(19-7-4-6-18(27)14-19)26(17)39-22-10-9-20(32(34)35)15-23(22)40(36,37)30-11-2-3-12-30/h4,6-7,9-10,14-15,21H,2-3,5,8,11-13,16H2,1H3,(H,28,33). The molecule has 2 aliphatic rings. The minimum Gasteiger partial charge on any atom is -0.437 e. The Kier molecular flexibility index (Phi) is 7.83. The predicted molar refractivity (Wildman–Crippen MR) is 141 cm³/mol. The molecule has 0 radical (unpaired) electrons. The fourth-order valence-electron chi connectivity index (χ4n) is 4.76. The monoisotopic (exact) mass is 573 g/mol. The van der Waals surface area contributed by atoms with Crippen LogP contribution in [0.1, 0.15) is 41.7 Å². The lowest BCUT2D eigenvalue weighted by atomic mass is 10.2. The van der Waals surface area contributed by atoms with Crippen molar-refractivity contribution in [1.29, 1.82) is 0 Å². The number of rotatable bonds is 9. The molecule has 2 fully saturated rings. The number of nitrogens with one attached hydrogen (secondary N) is 1. The minimum absolute atomic E-state index is 0.0110. The SMILES string of the molecule is Cc1c(C(=O)NCC2CCCO2)nn(-c2cccc(F)c2)c1Oc1ccc([N+](=O)[O-])cc1S(=O)(=O)N1CCCC1. The molecule has 0 bridgehead atoms. The van der Waals surface area contributed by atoms with Crippen molar-refractivity contribution >= 4 is 21.6 Å². The number of carbonyl (C=O) groups is 1. The molecule has 12 nitrogen and oxygen atoms in total. The van der Waals surface area contributed by atoms with E-state index in [1.165, 1.54) is 33.3 Å². The molecule has 1 unspecified atom stereocenters. The second-order valence-corrected chi connectivity index (χ2v) is 11.5. The number of sulfonamides is 1. The third-order valence-electron chi connectivity index (χ3n) is 6.88. The number of aromatic nitrogens is 2. The van der Waals surface area contributed by atoms with Crippen molar-refractivity contribution in [1.82, 2.24) is 19.4 Å². The Labute approximate surface area is 229 Å². The molecule has 3 aromatic rings. The van der Waals surface area contributed by atoms with E-state index in [9.17, 15) is 27.7 Å². The van der Waals surface area contributed by atoms with E-state index >= 15 is 0 Å². The highest BCUT2D eigenvalue weighted by Crippen LogP contribution is 2.37. The number of nitro groups is 1. The summed E-state index contributed by atoms with van der Waals surface area (Å²) in [7, 11) is -4.15. The van der Waals surface area contributed by atoms with E-state index in [1.54, 1.807) is 13.0 Å². The average Bonchev–Trinajstić information content (AvgIpc) is 3.71. The van der Waals surface area contributed by atoms with Crippen molar-refractivity contribution in [2.45, 2.75) is 43.6 Å². The van der Waals surface area contributed by atoms with Crippen LogP contribution in [0.5, 0.6) is 11.6 Å². The molecule has 2 aliphatic heterocycles. The first kappa shape index (κ1) is 27.7. The summed E-state index contributed by atoms with van der Waals surface area (Å²) in [5, 5.41) is 18.7. The highest BCUT2D eigenvalue weighted by atomic mass is 32.2. The van der Waals surface area contributed by atoms with Crippen LogP contribution in [0, 0.1) is 22.9 Å². The van der Waals surface area contributed by atoms with Gasteiger partial charge in [-0.25, -0.2) is 12.8 Å². The molecule has 1 aromatic heterocycles. The Bertz CT molecular complexity index is 1550. The second kappa shape index (κ2) is 11.3. The molecule has 0 saturated carbocycles. The maximum absolute atomic E-state index is 14.2. The maximum Gasteiger partial charge on any atom is 0.272 e. The number of benzene rings is 2. The summed E-state index contributed by atoms with van der Waals surface area (Å²) in [6.07, 6.45) is 2.95. The van der Waals surface area contributed by atoms with Gasteiger partial charge in [0.2, 0.25) is 15.9 Å². The third kappa shape index (κ3) is 5.55. The van der Waals surface area contributed by atoms with E-state index in [4.69, 9.17) is 9.47 Å². The number of carbonyl (C=O) groups excluding carboxylic acids is 1. The van der Waals surface area contributed by atoms with Crippen molar-refractivity contribution in [2.75, 3.05) is 26.2 Å². The molecule has 2 aromatic carbocycles. The molecule has 3 heterocycles. The van der Waals surface area contributed by atoms with E-state index in [0.29, 0.717) is 19.4 Å². The van der Waals surface area contributed by atoms with Crippen molar-refractivity contribution in [3.63, 3.8) is 0 Å². The smallest absolute Gasteiger partial charge is 0.272 e. The molecular formula is C26H28FN5O7S. The number of ether oxygens (including phenoxy) is 2. The molecule has 1 amide bonds. The van der Waals surface area contributed by atoms with Crippen molar-refractivity contribution in [2.24, 2.45) is 0 Å². The lowest BCUT2D eigenvalue weighted by Crippen LogP contribution is -2.32. The summed E-state index contributed by atoms with van der Waals surface area (Å²) in [4.78, 5) is 23.5. The van der Waals surface area contributed by atoms with Gasteiger partial charge in [-0.2, -0.15) is 14.1 Å². The zero-order chi connectivity index (χ0) is 28.4. The lowest BCUT2D eigenvalue weighted by molar-refractivity contribution is -0.385. The van der Waals surface area contributed by atoms with E-state index in [1.807, 2.05) is 0 Å². The van der Waals surface area contributed by atoms with Gasteiger partial charge < -0.3 is 14.8 Å². The van der Waals surface area contributed by atoms with Crippen LogP contribution in [0.4, 0.5) is 10.1 Å². The largest absolute Gasteiger partial charge is 0.437 e. The number of nitrogens with zero attached hydrogens (tertiary/aromatic N) is 4. The van der Waals surface area contributed by atoms with Crippen LogP contribution >= 0.6 is 0 Å². The van der Waals surface area contributed by atoms with Gasteiger partial charge in [0, 0.05) is 43.9 Å². The van der Waals surface area contributed by atoms with Gasteiger partial charge in [-0.1, -0.05) is 6.07 Å². The second-order valence-electron chi connectivity index (χ2n) is 9.62. The van der Waals surface area contributed by atoms with Gasteiger partial charge in [-0.3, -0.25) is 14.9 Å². The Balaban J connectivity index is 1.57. The number of hydrogen-bond donors (Lipinski definition) is 1. The van der Waals surface area contributed by atoms with E-state index in [0.717, 1.165) is 25.0 Å². The van der Waals surface area contributed by atoms with Crippen LogP contribution in [0.25, 0.3) is 5.69 Å². The Morgan fingerprint density at radius 1 is 1.23 bits per heavy atom. The van der Waals surface area contributed by atoms with E-state index in [2.05, 4.69) is 10.4 Å². The van der Waals surface area contributed by atoms with Crippen LogP contribution in [-0.4, -0.2) is 65.7 Å². The molecule has 212 valence electrons. The summed E-state index contributed by atoms with van der Waals surface area (Å²) >= 11 is 0. The van der Waals surface area contributed by atoms with Crippen LogP contribution < -0.4 is 10.1 Å². The van der Waals surface area contributed by atoms with Gasteiger partial charge in [0.25, 0.3) is 11.6 Å². The topological polar surface area (TPSA) is 146 Å². The van der Waals surface area contributed by atoms with Gasteiger partial charge in [-0.05, 0) is 56.9 Å². The zero-order valence-corrected chi connectivity index (χ0v) is 22.5. The summed E-state index contributed by atoms with van der Waals surface area (Å²) in [6.45, 7) is 3.03. The fourth-order valence-corrected chi connectivity index (χ4v) is 6.41. The van der Waals surface area contributed by atoms with Gasteiger partial charge in [-0.15, -0.1) is 0 Å². The molecule has 2 saturated heterocycles. The zero-order valence-electron chi connectivity index (χ0n) is 21.7. The fraction of sp³-hybridized carbons (Fsp3) is 0.385. The van der Waals surface area contributed by atoms with Crippen LogP contribution in [0.3, 0.4) is 0 Å². The summed E-state index contributed by atoms with van der Waals surface area (Å²) in [6, 6.07) is 8.71. The number of nitro benzene ring substituents is 1. The molecule has 0 spiro atoms. The quantitative estimate of drug-likeness (QED) is 0.301. The average molecular weight is 574 g/mol. The summed E-state index contributed by atoms with van der Waals surface area (Å²) in [5.74, 6) is -1.31.